The second kappa shape index (κ2) is 2.66. The van der Waals surface area contributed by atoms with Gasteiger partial charge in [-0.15, -0.1) is 0 Å². The Balaban J connectivity index is 3.34. The van der Waals surface area contributed by atoms with Gasteiger partial charge < -0.3 is 0 Å². The van der Waals surface area contributed by atoms with Gasteiger partial charge in [-0.3, -0.25) is 9.48 Å². The summed E-state index contributed by atoms with van der Waals surface area (Å²) in [7, 11) is 1.71. The van der Waals surface area contributed by atoms with Crippen LogP contribution in [0.1, 0.15) is 23.0 Å². The minimum atomic E-state index is -0.0411. The standard InChI is InChI=1S/C7H9ClN2O/c1-4-6(5(2)11)7(8)10(3)9-4/h1-3H3. The molecule has 0 saturated carbocycles. The predicted octanol–water partition coefficient (Wildman–Crippen LogP) is 1.58. The topological polar surface area (TPSA) is 34.9 Å². The highest BCUT2D eigenvalue weighted by atomic mass is 35.5. The maximum absolute atomic E-state index is 11.0. The molecule has 0 radical (unpaired) electrons. The number of aromatic nitrogens is 2. The molecule has 0 amide bonds. The van der Waals surface area contributed by atoms with Crippen molar-refractivity contribution in [3.05, 3.63) is 16.4 Å². The molecule has 0 aliphatic rings. The molecule has 1 aromatic rings. The fourth-order valence-electron chi connectivity index (χ4n) is 1.03. The van der Waals surface area contributed by atoms with Gasteiger partial charge >= 0.3 is 0 Å². The molecule has 0 aliphatic carbocycles. The molecule has 1 heterocycles. The van der Waals surface area contributed by atoms with Crippen molar-refractivity contribution in [1.82, 2.24) is 9.78 Å². The lowest BCUT2D eigenvalue weighted by molar-refractivity contribution is 0.101. The number of rotatable bonds is 1. The van der Waals surface area contributed by atoms with Crippen molar-refractivity contribution in [1.29, 1.82) is 0 Å². The number of carbonyl (C=O) groups excluding carboxylic acids is 1. The minimum absolute atomic E-state index is 0.0411. The third-order valence-electron chi connectivity index (χ3n) is 1.50. The summed E-state index contributed by atoms with van der Waals surface area (Å²) in [5, 5.41) is 4.41. The van der Waals surface area contributed by atoms with Gasteiger partial charge in [0.25, 0.3) is 0 Å². The summed E-state index contributed by atoms with van der Waals surface area (Å²) >= 11 is 5.79. The van der Waals surface area contributed by atoms with E-state index in [-0.39, 0.29) is 5.78 Å². The molecular weight excluding hydrogens is 164 g/mol. The summed E-state index contributed by atoms with van der Waals surface area (Å²) in [6.07, 6.45) is 0. The van der Waals surface area contributed by atoms with Crippen molar-refractivity contribution >= 4 is 17.4 Å². The fourth-order valence-corrected chi connectivity index (χ4v) is 1.34. The van der Waals surface area contributed by atoms with Gasteiger partial charge in [0.1, 0.15) is 5.15 Å². The molecular formula is C7H9ClN2O. The molecule has 4 heteroatoms. The van der Waals surface area contributed by atoms with Gasteiger partial charge in [-0.25, -0.2) is 0 Å². The van der Waals surface area contributed by atoms with E-state index in [0.29, 0.717) is 16.4 Å². The Morgan fingerprint density at radius 3 is 2.36 bits per heavy atom. The smallest absolute Gasteiger partial charge is 0.164 e. The van der Waals surface area contributed by atoms with Crippen LogP contribution in [0.4, 0.5) is 0 Å². The quantitative estimate of drug-likeness (QED) is 0.603. The first kappa shape index (κ1) is 8.27. The van der Waals surface area contributed by atoms with Crippen LogP contribution in [0.2, 0.25) is 5.15 Å². The van der Waals surface area contributed by atoms with Gasteiger partial charge in [0.2, 0.25) is 0 Å². The first-order chi connectivity index (χ1) is 5.04. The van der Waals surface area contributed by atoms with Crippen LogP contribution < -0.4 is 0 Å². The van der Waals surface area contributed by atoms with Crippen molar-refractivity contribution < 1.29 is 4.79 Å². The van der Waals surface area contributed by atoms with E-state index in [0.717, 1.165) is 0 Å². The summed E-state index contributed by atoms with van der Waals surface area (Å²) in [6, 6.07) is 0. The normalized spacial score (nSPS) is 10.2. The number of Topliss-reactive ketones (excluding diaryl/α,β-unsaturated/α-hetero) is 1. The zero-order valence-corrected chi connectivity index (χ0v) is 7.44. The van der Waals surface area contributed by atoms with Gasteiger partial charge in [-0.2, -0.15) is 5.10 Å². The maximum Gasteiger partial charge on any atom is 0.164 e. The van der Waals surface area contributed by atoms with E-state index in [1.54, 1.807) is 14.0 Å². The molecule has 11 heavy (non-hydrogen) atoms. The maximum atomic E-state index is 11.0. The van der Waals surface area contributed by atoms with E-state index in [9.17, 15) is 4.79 Å². The van der Waals surface area contributed by atoms with E-state index in [2.05, 4.69) is 5.10 Å². The number of aryl methyl sites for hydroxylation is 2. The first-order valence-electron chi connectivity index (χ1n) is 3.24. The second-order valence-corrected chi connectivity index (χ2v) is 2.79. The van der Waals surface area contributed by atoms with E-state index >= 15 is 0 Å². The van der Waals surface area contributed by atoms with Crippen LogP contribution in [0, 0.1) is 6.92 Å². The van der Waals surface area contributed by atoms with Crippen molar-refractivity contribution in [3.63, 3.8) is 0 Å². The first-order valence-corrected chi connectivity index (χ1v) is 3.62. The number of nitrogens with zero attached hydrogens (tertiary/aromatic N) is 2. The van der Waals surface area contributed by atoms with Crippen LogP contribution in [-0.4, -0.2) is 15.6 Å². The third kappa shape index (κ3) is 1.28. The molecule has 0 spiro atoms. The molecule has 0 N–H and O–H groups in total. The summed E-state index contributed by atoms with van der Waals surface area (Å²) < 4.78 is 1.49. The van der Waals surface area contributed by atoms with E-state index in [1.807, 2.05) is 0 Å². The van der Waals surface area contributed by atoms with Crippen molar-refractivity contribution in [3.8, 4) is 0 Å². The molecule has 0 unspecified atom stereocenters. The molecule has 60 valence electrons. The average Bonchev–Trinajstić information content (AvgIpc) is 2.07. The lowest BCUT2D eigenvalue weighted by Gasteiger charge is -1.91. The van der Waals surface area contributed by atoms with E-state index in [4.69, 9.17) is 11.6 Å². The third-order valence-corrected chi connectivity index (χ3v) is 1.94. The Bertz CT molecular complexity index is 304. The highest BCUT2D eigenvalue weighted by molar-refractivity contribution is 6.33. The van der Waals surface area contributed by atoms with Gasteiger partial charge in [-0.05, 0) is 13.8 Å². The molecule has 0 aromatic carbocycles. The summed E-state index contributed by atoms with van der Waals surface area (Å²) in [5.41, 5.74) is 1.21. The number of hydrogen-bond donors (Lipinski definition) is 0. The van der Waals surface area contributed by atoms with E-state index < -0.39 is 0 Å². The van der Waals surface area contributed by atoms with Gasteiger partial charge in [0.15, 0.2) is 5.78 Å². The van der Waals surface area contributed by atoms with E-state index in [1.165, 1.54) is 11.6 Å². The summed E-state index contributed by atoms with van der Waals surface area (Å²) in [5.74, 6) is -0.0411. The van der Waals surface area contributed by atoms with Crippen molar-refractivity contribution in [2.75, 3.05) is 0 Å². The lowest BCUT2D eigenvalue weighted by atomic mass is 10.2. The summed E-state index contributed by atoms with van der Waals surface area (Å²) in [4.78, 5) is 11.0. The summed E-state index contributed by atoms with van der Waals surface area (Å²) in [6.45, 7) is 3.25. The second-order valence-electron chi connectivity index (χ2n) is 2.43. The highest BCUT2D eigenvalue weighted by Gasteiger charge is 2.14. The Morgan fingerprint density at radius 1 is 1.64 bits per heavy atom. The zero-order valence-electron chi connectivity index (χ0n) is 6.68. The highest BCUT2D eigenvalue weighted by Crippen LogP contribution is 2.18. The van der Waals surface area contributed by atoms with Crippen LogP contribution >= 0.6 is 11.6 Å². The number of hydrogen-bond acceptors (Lipinski definition) is 2. The molecule has 0 saturated heterocycles. The van der Waals surface area contributed by atoms with Gasteiger partial charge in [-0.1, -0.05) is 11.6 Å². The van der Waals surface area contributed by atoms with Crippen molar-refractivity contribution in [2.24, 2.45) is 7.05 Å². The SMILES string of the molecule is CC(=O)c1c(C)nn(C)c1Cl. The Labute approximate surface area is 70.0 Å². The molecule has 1 rings (SSSR count). The van der Waals surface area contributed by atoms with Gasteiger partial charge in [0.05, 0.1) is 11.3 Å². The molecule has 0 bridgehead atoms. The van der Waals surface area contributed by atoms with Gasteiger partial charge in [0, 0.05) is 7.05 Å². The monoisotopic (exact) mass is 172 g/mol. The van der Waals surface area contributed by atoms with Crippen LogP contribution in [0.15, 0.2) is 0 Å². The fraction of sp³-hybridized carbons (Fsp3) is 0.429. The molecule has 0 atom stereocenters. The van der Waals surface area contributed by atoms with Crippen LogP contribution in [0.25, 0.3) is 0 Å². The predicted molar refractivity (Wildman–Crippen MR) is 43.0 cm³/mol. The van der Waals surface area contributed by atoms with Crippen LogP contribution in [-0.2, 0) is 7.05 Å². The Hall–Kier alpha value is -0.830. The molecule has 0 fully saturated rings. The largest absolute Gasteiger partial charge is 0.294 e. The number of carbonyl (C=O) groups is 1. The zero-order chi connectivity index (χ0) is 8.59. The number of halogens is 1. The Kier molecular flexibility index (Phi) is 2.00. The van der Waals surface area contributed by atoms with Crippen LogP contribution in [0.3, 0.4) is 0 Å². The lowest BCUT2D eigenvalue weighted by Crippen LogP contribution is -1.93. The molecule has 1 aromatic heterocycles. The van der Waals surface area contributed by atoms with Crippen LogP contribution in [0.5, 0.6) is 0 Å². The Morgan fingerprint density at radius 2 is 2.18 bits per heavy atom. The number of ketones is 1. The average molecular weight is 173 g/mol. The minimum Gasteiger partial charge on any atom is -0.294 e. The molecule has 3 nitrogen and oxygen atoms in total. The molecule has 0 aliphatic heterocycles. The van der Waals surface area contributed by atoms with Crippen molar-refractivity contribution in [2.45, 2.75) is 13.8 Å².